The minimum absolute atomic E-state index is 0.274. The summed E-state index contributed by atoms with van der Waals surface area (Å²) in [6.07, 6.45) is 1.15. The molecular formula is C11H13ClFN. The largest absolute Gasteiger partial charge is 0.310 e. The molecule has 14 heavy (non-hydrogen) atoms. The molecule has 3 heteroatoms. The Kier molecular flexibility index (Phi) is 2.75. The zero-order chi connectivity index (χ0) is 10.1. The molecule has 2 rings (SSSR count). The second-order valence-corrected chi connectivity index (χ2v) is 4.27. The van der Waals surface area contributed by atoms with Crippen molar-refractivity contribution in [3.8, 4) is 0 Å². The number of hydrogen-bond donors (Lipinski definition) is 1. The Hall–Kier alpha value is -0.600. The zero-order valence-electron chi connectivity index (χ0n) is 8.06. The van der Waals surface area contributed by atoms with Crippen LogP contribution in [0, 0.1) is 11.7 Å². The first kappa shape index (κ1) is 9.94. The summed E-state index contributed by atoms with van der Waals surface area (Å²) in [6.45, 7) is 3.20. The van der Waals surface area contributed by atoms with Crippen LogP contribution < -0.4 is 5.32 Å². The highest BCUT2D eigenvalue weighted by Gasteiger charge is 2.25. The molecule has 1 fully saturated rings. The lowest BCUT2D eigenvalue weighted by Crippen LogP contribution is -2.16. The Labute approximate surface area is 88.3 Å². The van der Waals surface area contributed by atoms with Crippen molar-refractivity contribution < 1.29 is 4.39 Å². The monoisotopic (exact) mass is 213 g/mol. The number of benzene rings is 1. The van der Waals surface area contributed by atoms with Crippen molar-refractivity contribution in [1.29, 1.82) is 0 Å². The molecule has 2 unspecified atom stereocenters. The zero-order valence-corrected chi connectivity index (χ0v) is 8.81. The van der Waals surface area contributed by atoms with Gasteiger partial charge in [-0.3, -0.25) is 0 Å². The maximum atomic E-state index is 12.8. The van der Waals surface area contributed by atoms with E-state index < -0.39 is 0 Å². The fourth-order valence-corrected chi connectivity index (χ4v) is 2.29. The van der Waals surface area contributed by atoms with Crippen LogP contribution in [0.5, 0.6) is 0 Å². The van der Waals surface area contributed by atoms with Gasteiger partial charge in [-0.05, 0) is 36.6 Å². The molecule has 1 nitrogen and oxygen atoms in total. The van der Waals surface area contributed by atoms with Gasteiger partial charge in [0.25, 0.3) is 0 Å². The summed E-state index contributed by atoms with van der Waals surface area (Å²) < 4.78 is 12.8. The molecule has 0 saturated carbocycles. The van der Waals surface area contributed by atoms with Gasteiger partial charge in [0.15, 0.2) is 0 Å². The molecule has 2 atom stereocenters. The van der Waals surface area contributed by atoms with Gasteiger partial charge in [-0.25, -0.2) is 4.39 Å². The van der Waals surface area contributed by atoms with Crippen molar-refractivity contribution in [2.24, 2.45) is 5.92 Å². The van der Waals surface area contributed by atoms with Gasteiger partial charge >= 0.3 is 0 Å². The van der Waals surface area contributed by atoms with Crippen LogP contribution in [0.25, 0.3) is 0 Å². The van der Waals surface area contributed by atoms with Gasteiger partial charge in [0.05, 0.1) is 0 Å². The summed E-state index contributed by atoms with van der Waals surface area (Å²) in [7, 11) is 0. The van der Waals surface area contributed by atoms with E-state index in [1.807, 2.05) is 0 Å². The fraction of sp³-hybridized carbons (Fsp3) is 0.455. The van der Waals surface area contributed by atoms with E-state index in [0.29, 0.717) is 10.9 Å². The van der Waals surface area contributed by atoms with Crippen molar-refractivity contribution in [3.63, 3.8) is 0 Å². The van der Waals surface area contributed by atoms with Crippen molar-refractivity contribution in [2.75, 3.05) is 6.54 Å². The topological polar surface area (TPSA) is 12.0 Å². The van der Waals surface area contributed by atoms with Gasteiger partial charge in [0.2, 0.25) is 0 Å². The second kappa shape index (κ2) is 3.87. The van der Waals surface area contributed by atoms with Crippen molar-refractivity contribution >= 4 is 11.6 Å². The molecule has 1 N–H and O–H groups in total. The first-order valence-corrected chi connectivity index (χ1v) is 5.24. The summed E-state index contributed by atoms with van der Waals surface area (Å²) in [6, 6.07) is 4.90. The van der Waals surface area contributed by atoms with Crippen LogP contribution in [0.1, 0.15) is 24.9 Å². The first-order valence-electron chi connectivity index (χ1n) is 4.87. The van der Waals surface area contributed by atoms with Gasteiger partial charge < -0.3 is 5.32 Å². The number of hydrogen-bond acceptors (Lipinski definition) is 1. The van der Waals surface area contributed by atoms with Crippen LogP contribution in [0.4, 0.5) is 4.39 Å². The van der Waals surface area contributed by atoms with Crippen molar-refractivity contribution in [3.05, 3.63) is 34.6 Å². The van der Waals surface area contributed by atoms with Gasteiger partial charge in [0, 0.05) is 11.1 Å². The fourth-order valence-electron chi connectivity index (χ4n) is 2.00. The first-order chi connectivity index (χ1) is 6.68. The molecule has 0 spiro atoms. The van der Waals surface area contributed by atoms with Crippen molar-refractivity contribution in [1.82, 2.24) is 5.32 Å². The SMILES string of the molecule is CC1CCNC1c1ccc(F)cc1Cl. The van der Waals surface area contributed by atoms with Crippen LogP contribution in [0.15, 0.2) is 18.2 Å². The average Bonchev–Trinajstić information content (AvgIpc) is 2.52. The molecule has 0 radical (unpaired) electrons. The highest BCUT2D eigenvalue weighted by Crippen LogP contribution is 2.33. The maximum absolute atomic E-state index is 12.8. The van der Waals surface area contributed by atoms with E-state index >= 15 is 0 Å². The molecular weight excluding hydrogens is 201 g/mol. The molecule has 1 saturated heterocycles. The number of nitrogens with one attached hydrogen (secondary N) is 1. The lowest BCUT2D eigenvalue weighted by molar-refractivity contribution is 0.502. The quantitative estimate of drug-likeness (QED) is 0.756. The molecule has 0 amide bonds. The van der Waals surface area contributed by atoms with Crippen LogP contribution >= 0.6 is 11.6 Å². The van der Waals surface area contributed by atoms with E-state index in [9.17, 15) is 4.39 Å². The molecule has 1 aromatic rings. The van der Waals surface area contributed by atoms with Gasteiger partial charge in [0.1, 0.15) is 5.82 Å². The van der Waals surface area contributed by atoms with E-state index in [0.717, 1.165) is 18.5 Å². The summed E-state index contributed by atoms with van der Waals surface area (Å²) in [5.41, 5.74) is 1.01. The smallest absolute Gasteiger partial charge is 0.124 e. The van der Waals surface area contributed by atoms with E-state index in [1.165, 1.54) is 12.1 Å². The predicted molar refractivity (Wildman–Crippen MR) is 55.9 cm³/mol. The minimum Gasteiger partial charge on any atom is -0.310 e. The maximum Gasteiger partial charge on any atom is 0.124 e. The molecule has 1 aliphatic heterocycles. The van der Waals surface area contributed by atoms with E-state index in [2.05, 4.69) is 12.2 Å². The summed E-state index contributed by atoms with van der Waals surface area (Å²) in [4.78, 5) is 0. The summed E-state index contributed by atoms with van der Waals surface area (Å²) >= 11 is 5.99. The van der Waals surface area contributed by atoms with Gasteiger partial charge in [-0.15, -0.1) is 0 Å². The highest BCUT2D eigenvalue weighted by molar-refractivity contribution is 6.31. The average molecular weight is 214 g/mol. The Morgan fingerprint density at radius 3 is 2.86 bits per heavy atom. The second-order valence-electron chi connectivity index (χ2n) is 3.86. The van der Waals surface area contributed by atoms with E-state index in [1.54, 1.807) is 6.07 Å². The van der Waals surface area contributed by atoms with E-state index in [4.69, 9.17) is 11.6 Å². The van der Waals surface area contributed by atoms with E-state index in [-0.39, 0.29) is 11.9 Å². The van der Waals surface area contributed by atoms with Gasteiger partial charge in [-0.2, -0.15) is 0 Å². The summed E-state index contributed by atoms with van der Waals surface area (Å²) in [5.74, 6) is 0.294. The third-order valence-corrected chi connectivity index (χ3v) is 3.16. The predicted octanol–water partition coefficient (Wildman–Crippen LogP) is 3.15. The Morgan fingerprint density at radius 1 is 1.50 bits per heavy atom. The molecule has 76 valence electrons. The van der Waals surface area contributed by atoms with Crippen LogP contribution in [-0.4, -0.2) is 6.54 Å². The van der Waals surface area contributed by atoms with Crippen molar-refractivity contribution in [2.45, 2.75) is 19.4 Å². The van der Waals surface area contributed by atoms with Gasteiger partial charge in [-0.1, -0.05) is 24.6 Å². The number of halogens is 2. The Balaban J connectivity index is 2.31. The lowest BCUT2D eigenvalue weighted by atomic mass is 9.96. The third-order valence-electron chi connectivity index (χ3n) is 2.83. The Morgan fingerprint density at radius 2 is 2.29 bits per heavy atom. The minimum atomic E-state index is -0.274. The normalized spacial score (nSPS) is 26.8. The van der Waals surface area contributed by atoms with Crippen LogP contribution in [0.3, 0.4) is 0 Å². The summed E-state index contributed by atoms with van der Waals surface area (Å²) in [5, 5.41) is 3.90. The molecule has 1 heterocycles. The third kappa shape index (κ3) is 1.77. The molecule has 0 aromatic heterocycles. The lowest BCUT2D eigenvalue weighted by Gasteiger charge is -2.17. The highest BCUT2D eigenvalue weighted by atomic mass is 35.5. The Bertz CT molecular complexity index is 340. The van der Waals surface area contributed by atoms with Crippen LogP contribution in [0.2, 0.25) is 5.02 Å². The standard InChI is InChI=1S/C11H13ClFN/c1-7-4-5-14-11(7)9-3-2-8(13)6-10(9)12/h2-3,6-7,11,14H,4-5H2,1H3. The number of rotatable bonds is 1. The molecule has 0 aliphatic carbocycles. The van der Waals surface area contributed by atoms with Crippen LogP contribution in [-0.2, 0) is 0 Å². The molecule has 1 aliphatic rings. The molecule has 1 aromatic carbocycles. The molecule has 0 bridgehead atoms.